The Kier molecular flexibility index (Phi) is 4.93. The maximum absolute atomic E-state index is 11.6. The van der Waals surface area contributed by atoms with Crippen molar-refractivity contribution in [2.45, 2.75) is 38.7 Å². The molecule has 0 atom stereocenters. The highest BCUT2D eigenvalue weighted by molar-refractivity contribution is 5.87. The third kappa shape index (κ3) is 4.01. The van der Waals surface area contributed by atoms with Crippen LogP contribution in [0.1, 0.15) is 41.9 Å². The zero-order valence-electron chi connectivity index (χ0n) is 13.9. The number of methoxy groups -OCH3 is 1. The standard InChI is InChI=1S/C18H21N3O3/c1-12-11-16(17(22)23-2)21-18(19-12)20-13-7-9-15(10-8-13)24-14-5-3-4-6-14/h7-11,14H,3-6H2,1-2H3,(H,19,20,21). The third-order valence-corrected chi connectivity index (χ3v) is 3.96. The lowest BCUT2D eigenvalue weighted by Gasteiger charge is -2.13. The van der Waals surface area contributed by atoms with Gasteiger partial charge in [-0.1, -0.05) is 0 Å². The monoisotopic (exact) mass is 327 g/mol. The molecule has 0 amide bonds. The first-order valence-electron chi connectivity index (χ1n) is 8.12. The molecule has 0 unspecified atom stereocenters. The summed E-state index contributed by atoms with van der Waals surface area (Å²) in [4.78, 5) is 20.1. The predicted octanol–water partition coefficient (Wildman–Crippen LogP) is 3.64. The highest BCUT2D eigenvalue weighted by Crippen LogP contribution is 2.25. The number of anilines is 2. The SMILES string of the molecule is COC(=O)c1cc(C)nc(Nc2ccc(OC3CCCC3)cc2)n1. The molecule has 1 aromatic carbocycles. The van der Waals surface area contributed by atoms with Crippen molar-refractivity contribution in [3.05, 3.63) is 41.7 Å². The Labute approximate surface area is 141 Å². The van der Waals surface area contributed by atoms with E-state index in [1.165, 1.54) is 20.0 Å². The van der Waals surface area contributed by atoms with Gasteiger partial charge in [-0.3, -0.25) is 0 Å². The lowest BCUT2D eigenvalue weighted by atomic mass is 10.2. The van der Waals surface area contributed by atoms with Gasteiger partial charge in [0, 0.05) is 11.4 Å². The van der Waals surface area contributed by atoms with Gasteiger partial charge >= 0.3 is 5.97 Å². The minimum absolute atomic E-state index is 0.230. The van der Waals surface area contributed by atoms with E-state index in [0.717, 1.165) is 24.3 Å². The van der Waals surface area contributed by atoms with Crippen LogP contribution >= 0.6 is 0 Å². The molecular weight excluding hydrogens is 306 g/mol. The molecule has 1 N–H and O–H groups in total. The van der Waals surface area contributed by atoms with Crippen molar-refractivity contribution in [1.29, 1.82) is 0 Å². The van der Waals surface area contributed by atoms with Gasteiger partial charge in [0.05, 0.1) is 13.2 Å². The van der Waals surface area contributed by atoms with E-state index in [2.05, 4.69) is 15.3 Å². The average molecular weight is 327 g/mol. The molecule has 126 valence electrons. The second-order valence-electron chi connectivity index (χ2n) is 5.88. The quantitative estimate of drug-likeness (QED) is 0.845. The Morgan fingerprint density at radius 1 is 1.17 bits per heavy atom. The number of esters is 1. The first-order valence-corrected chi connectivity index (χ1v) is 8.12. The number of nitrogens with one attached hydrogen (secondary N) is 1. The summed E-state index contributed by atoms with van der Waals surface area (Å²) < 4.78 is 10.6. The summed E-state index contributed by atoms with van der Waals surface area (Å²) in [7, 11) is 1.33. The Balaban J connectivity index is 1.69. The molecule has 1 aliphatic rings. The molecule has 0 saturated heterocycles. The number of carbonyl (C=O) groups is 1. The first-order chi connectivity index (χ1) is 11.6. The topological polar surface area (TPSA) is 73.3 Å². The van der Waals surface area contributed by atoms with Crippen LogP contribution in [0.15, 0.2) is 30.3 Å². The van der Waals surface area contributed by atoms with Crippen LogP contribution in [0.5, 0.6) is 5.75 Å². The molecule has 0 radical (unpaired) electrons. The van der Waals surface area contributed by atoms with Crippen LogP contribution in [0.2, 0.25) is 0 Å². The van der Waals surface area contributed by atoms with Gasteiger partial charge in [0.1, 0.15) is 5.75 Å². The Bertz CT molecular complexity index is 710. The molecule has 24 heavy (non-hydrogen) atoms. The molecule has 6 heteroatoms. The summed E-state index contributed by atoms with van der Waals surface area (Å²) in [5.41, 5.74) is 1.75. The van der Waals surface area contributed by atoms with Crippen molar-refractivity contribution in [3.63, 3.8) is 0 Å². The van der Waals surface area contributed by atoms with Gasteiger partial charge in [-0.15, -0.1) is 0 Å². The fraction of sp³-hybridized carbons (Fsp3) is 0.389. The highest BCUT2D eigenvalue weighted by Gasteiger charge is 2.16. The molecular formula is C18H21N3O3. The van der Waals surface area contributed by atoms with Gasteiger partial charge in [0.25, 0.3) is 0 Å². The summed E-state index contributed by atoms with van der Waals surface area (Å²) in [6.45, 7) is 1.80. The minimum atomic E-state index is -0.483. The number of benzene rings is 1. The molecule has 0 aliphatic heterocycles. The Hall–Kier alpha value is -2.63. The average Bonchev–Trinajstić information content (AvgIpc) is 3.08. The number of rotatable bonds is 5. The van der Waals surface area contributed by atoms with Crippen molar-refractivity contribution in [2.75, 3.05) is 12.4 Å². The van der Waals surface area contributed by atoms with E-state index in [-0.39, 0.29) is 5.69 Å². The van der Waals surface area contributed by atoms with Gasteiger partial charge < -0.3 is 14.8 Å². The lowest BCUT2D eigenvalue weighted by molar-refractivity contribution is 0.0594. The van der Waals surface area contributed by atoms with Crippen LogP contribution in [-0.4, -0.2) is 29.2 Å². The van der Waals surface area contributed by atoms with E-state index in [1.807, 2.05) is 24.3 Å². The summed E-state index contributed by atoms with van der Waals surface area (Å²) in [5, 5.41) is 3.10. The minimum Gasteiger partial charge on any atom is -0.490 e. The predicted molar refractivity (Wildman–Crippen MR) is 90.7 cm³/mol. The van der Waals surface area contributed by atoms with E-state index in [1.54, 1.807) is 13.0 Å². The van der Waals surface area contributed by atoms with Gasteiger partial charge in [0.15, 0.2) is 5.69 Å². The second-order valence-corrected chi connectivity index (χ2v) is 5.88. The number of nitrogens with zero attached hydrogens (tertiary/aromatic N) is 2. The molecule has 6 nitrogen and oxygen atoms in total. The maximum atomic E-state index is 11.6. The van der Waals surface area contributed by atoms with Crippen LogP contribution in [0, 0.1) is 6.92 Å². The van der Waals surface area contributed by atoms with Crippen LogP contribution in [0.4, 0.5) is 11.6 Å². The smallest absolute Gasteiger partial charge is 0.356 e. The summed E-state index contributed by atoms with van der Waals surface area (Å²) in [5.74, 6) is 0.747. The number of carbonyl (C=O) groups excluding carboxylic acids is 1. The highest BCUT2D eigenvalue weighted by atomic mass is 16.5. The van der Waals surface area contributed by atoms with Gasteiger partial charge in [-0.25, -0.2) is 14.8 Å². The van der Waals surface area contributed by atoms with E-state index in [9.17, 15) is 4.79 Å². The summed E-state index contributed by atoms with van der Waals surface area (Å²) in [6.07, 6.45) is 5.10. The molecule has 2 aromatic rings. The maximum Gasteiger partial charge on any atom is 0.356 e. The van der Waals surface area contributed by atoms with Crippen molar-refractivity contribution in [1.82, 2.24) is 9.97 Å². The number of hydrogen-bond acceptors (Lipinski definition) is 6. The molecule has 1 fully saturated rings. The van der Waals surface area contributed by atoms with Gasteiger partial charge in [-0.05, 0) is 62.9 Å². The number of aromatic nitrogens is 2. The Morgan fingerprint density at radius 3 is 2.54 bits per heavy atom. The van der Waals surface area contributed by atoms with Gasteiger partial charge in [-0.2, -0.15) is 0 Å². The van der Waals surface area contributed by atoms with Crippen molar-refractivity contribution in [2.24, 2.45) is 0 Å². The van der Waals surface area contributed by atoms with Crippen LogP contribution in [-0.2, 0) is 4.74 Å². The van der Waals surface area contributed by atoms with Crippen LogP contribution in [0.3, 0.4) is 0 Å². The molecule has 1 aromatic heterocycles. The number of aryl methyl sites for hydroxylation is 1. The molecule has 1 saturated carbocycles. The third-order valence-electron chi connectivity index (χ3n) is 3.96. The molecule has 0 bridgehead atoms. The second kappa shape index (κ2) is 7.29. The normalized spacial score (nSPS) is 14.4. The van der Waals surface area contributed by atoms with E-state index in [0.29, 0.717) is 17.7 Å². The van der Waals surface area contributed by atoms with E-state index in [4.69, 9.17) is 9.47 Å². The molecule has 1 aliphatic carbocycles. The van der Waals surface area contributed by atoms with E-state index < -0.39 is 5.97 Å². The fourth-order valence-electron chi connectivity index (χ4n) is 2.78. The zero-order chi connectivity index (χ0) is 16.9. The molecule has 3 rings (SSSR count). The van der Waals surface area contributed by atoms with Gasteiger partial charge in [0.2, 0.25) is 5.95 Å². The zero-order valence-corrected chi connectivity index (χ0v) is 13.9. The van der Waals surface area contributed by atoms with Crippen molar-refractivity contribution in [3.8, 4) is 5.75 Å². The molecule has 1 heterocycles. The van der Waals surface area contributed by atoms with Crippen LogP contribution < -0.4 is 10.1 Å². The van der Waals surface area contributed by atoms with Crippen LogP contribution in [0.25, 0.3) is 0 Å². The first kappa shape index (κ1) is 16.2. The summed E-state index contributed by atoms with van der Waals surface area (Å²) >= 11 is 0. The Morgan fingerprint density at radius 2 is 1.88 bits per heavy atom. The van der Waals surface area contributed by atoms with Crippen molar-refractivity contribution >= 4 is 17.6 Å². The van der Waals surface area contributed by atoms with Crippen molar-refractivity contribution < 1.29 is 14.3 Å². The lowest BCUT2D eigenvalue weighted by Crippen LogP contribution is -2.10. The number of hydrogen-bond donors (Lipinski definition) is 1. The molecule has 0 spiro atoms. The van der Waals surface area contributed by atoms with E-state index >= 15 is 0 Å². The number of ether oxygens (including phenoxy) is 2. The summed E-state index contributed by atoms with van der Waals surface area (Å²) in [6, 6.07) is 9.27. The fourth-order valence-corrected chi connectivity index (χ4v) is 2.78. The largest absolute Gasteiger partial charge is 0.490 e.